The molecule has 0 bridgehead atoms. The molecule has 0 N–H and O–H groups in total. The fourth-order valence-corrected chi connectivity index (χ4v) is 0.832. The minimum absolute atomic E-state index is 0.595. The van der Waals surface area contributed by atoms with Crippen molar-refractivity contribution in [2.45, 2.75) is 20.3 Å². The molecule has 0 aromatic carbocycles. The normalized spacial score (nSPS) is 12.9. The molecule has 0 aliphatic heterocycles. The lowest BCUT2D eigenvalue weighted by atomic mass is 10.1. The lowest BCUT2D eigenvalue weighted by Crippen LogP contribution is -1.84. The smallest absolute Gasteiger partial charge is 0.0296 e. The van der Waals surface area contributed by atoms with E-state index in [4.69, 9.17) is 23.2 Å². The molecule has 0 aliphatic carbocycles. The molecule has 0 heterocycles. The van der Waals surface area contributed by atoms with Gasteiger partial charge in [-0.25, -0.2) is 0 Å². The van der Waals surface area contributed by atoms with Crippen LogP contribution in [0.3, 0.4) is 0 Å². The molecule has 0 aliphatic rings. The van der Waals surface area contributed by atoms with Gasteiger partial charge in [0.15, 0.2) is 0 Å². The lowest BCUT2D eigenvalue weighted by molar-refractivity contribution is 0.658. The van der Waals surface area contributed by atoms with E-state index in [0.29, 0.717) is 5.92 Å². The van der Waals surface area contributed by atoms with E-state index in [9.17, 15) is 0 Å². The Kier molecular flexibility index (Phi) is 4.39. The molecule has 0 aromatic rings. The number of rotatable bonds is 2. The highest BCUT2D eigenvalue weighted by Gasteiger charge is 1.94. The highest BCUT2D eigenvalue weighted by atomic mass is 35.5. The molecule has 0 fully saturated rings. The van der Waals surface area contributed by atoms with Crippen LogP contribution in [-0.4, -0.2) is 0 Å². The maximum Gasteiger partial charge on any atom is 0.0296 e. The van der Waals surface area contributed by atoms with Gasteiger partial charge in [0, 0.05) is 10.6 Å². The first-order valence-electron chi connectivity index (χ1n) is 2.61. The van der Waals surface area contributed by atoms with Crippen molar-refractivity contribution < 1.29 is 0 Å². The Hall–Kier alpha value is 0.320. The average molecular weight is 153 g/mol. The topological polar surface area (TPSA) is 0 Å². The van der Waals surface area contributed by atoms with Gasteiger partial charge in [0.2, 0.25) is 0 Å². The minimum Gasteiger partial charge on any atom is -0.0917 e. The zero-order valence-corrected chi connectivity index (χ0v) is 6.63. The molecule has 2 heteroatoms. The van der Waals surface area contributed by atoms with E-state index in [2.05, 4.69) is 13.8 Å². The van der Waals surface area contributed by atoms with Gasteiger partial charge in [0.1, 0.15) is 0 Å². The largest absolute Gasteiger partial charge is 0.0917 e. The Morgan fingerprint density at radius 3 is 2.25 bits per heavy atom. The molecule has 8 heavy (non-hydrogen) atoms. The van der Waals surface area contributed by atoms with Crippen molar-refractivity contribution in [3.8, 4) is 0 Å². The molecule has 0 saturated heterocycles. The molecular formula is C6H10Cl2. The summed E-state index contributed by atoms with van der Waals surface area (Å²) in [6.07, 6.45) is 0.880. The van der Waals surface area contributed by atoms with Crippen LogP contribution in [0.15, 0.2) is 10.6 Å². The summed E-state index contributed by atoms with van der Waals surface area (Å²) in [7, 11) is 0. The molecule has 0 radical (unpaired) electrons. The van der Waals surface area contributed by atoms with Gasteiger partial charge in [0.05, 0.1) is 0 Å². The fraction of sp³-hybridized carbons (Fsp3) is 0.667. The van der Waals surface area contributed by atoms with Crippen LogP contribution >= 0.6 is 23.2 Å². The third kappa shape index (κ3) is 4.48. The lowest BCUT2D eigenvalue weighted by Gasteiger charge is -1.99. The predicted octanol–water partition coefficient (Wildman–Crippen LogP) is 3.35. The van der Waals surface area contributed by atoms with Gasteiger partial charge in [-0.3, -0.25) is 0 Å². The van der Waals surface area contributed by atoms with Crippen LogP contribution in [0, 0.1) is 5.92 Å². The van der Waals surface area contributed by atoms with Crippen molar-refractivity contribution >= 4 is 23.2 Å². The van der Waals surface area contributed by atoms with Gasteiger partial charge >= 0.3 is 0 Å². The van der Waals surface area contributed by atoms with Crippen LogP contribution in [0.2, 0.25) is 0 Å². The Morgan fingerprint density at radius 2 is 2.12 bits per heavy atom. The summed E-state index contributed by atoms with van der Waals surface area (Å²) in [5.74, 6) is 0.595. The summed E-state index contributed by atoms with van der Waals surface area (Å²) >= 11 is 10.9. The van der Waals surface area contributed by atoms with E-state index in [0.717, 1.165) is 11.5 Å². The minimum atomic E-state index is 0.595. The third-order valence-corrected chi connectivity index (χ3v) is 1.36. The summed E-state index contributed by atoms with van der Waals surface area (Å²) in [5, 5.41) is 0.738. The van der Waals surface area contributed by atoms with Gasteiger partial charge in [-0.05, 0) is 12.3 Å². The monoisotopic (exact) mass is 152 g/mol. The highest BCUT2D eigenvalue weighted by molar-refractivity contribution is 6.36. The van der Waals surface area contributed by atoms with Crippen molar-refractivity contribution in [1.82, 2.24) is 0 Å². The number of halogens is 2. The molecule has 0 aromatic heterocycles. The Bertz CT molecular complexity index is 84.5. The molecule has 0 nitrogen and oxygen atoms in total. The summed E-state index contributed by atoms with van der Waals surface area (Å²) in [4.78, 5) is 0. The van der Waals surface area contributed by atoms with Crippen LogP contribution in [0.1, 0.15) is 20.3 Å². The van der Waals surface area contributed by atoms with E-state index in [-0.39, 0.29) is 0 Å². The van der Waals surface area contributed by atoms with Crippen LogP contribution in [-0.2, 0) is 0 Å². The summed E-state index contributed by atoms with van der Waals surface area (Å²) in [5.41, 5.74) is 1.42. The van der Waals surface area contributed by atoms with E-state index in [1.807, 2.05) is 0 Å². The quantitative estimate of drug-likeness (QED) is 0.570. The number of hydrogen-bond acceptors (Lipinski definition) is 0. The number of allylic oxidation sites excluding steroid dienone is 1. The zero-order chi connectivity index (χ0) is 6.57. The summed E-state index contributed by atoms with van der Waals surface area (Å²) < 4.78 is 0. The van der Waals surface area contributed by atoms with Gasteiger partial charge < -0.3 is 0 Å². The van der Waals surface area contributed by atoms with E-state index < -0.39 is 0 Å². The second-order valence-corrected chi connectivity index (χ2v) is 2.86. The fourth-order valence-electron chi connectivity index (χ4n) is 0.435. The molecule has 0 rings (SSSR count). The van der Waals surface area contributed by atoms with Crippen LogP contribution in [0.5, 0.6) is 0 Å². The van der Waals surface area contributed by atoms with Gasteiger partial charge in [-0.2, -0.15) is 0 Å². The molecule has 0 atom stereocenters. The first-order valence-corrected chi connectivity index (χ1v) is 3.43. The van der Waals surface area contributed by atoms with Gasteiger partial charge in [0.25, 0.3) is 0 Å². The molecule has 48 valence electrons. The third-order valence-electron chi connectivity index (χ3n) is 0.722. The van der Waals surface area contributed by atoms with E-state index in [1.54, 1.807) is 0 Å². The molecule has 0 unspecified atom stereocenters. The van der Waals surface area contributed by atoms with Crippen molar-refractivity contribution in [2.24, 2.45) is 5.92 Å². The van der Waals surface area contributed by atoms with Crippen molar-refractivity contribution in [3.63, 3.8) is 0 Å². The Balaban J connectivity index is 3.39. The van der Waals surface area contributed by atoms with E-state index >= 15 is 0 Å². The van der Waals surface area contributed by atoms with Crippen molar-refractivity contribution in [2.75, 3.05) is 0 Å². The molecular weight excluding hydrogens is 143 g/mol. The molecule has 0 saturated carbocycles. The second kappa shape index (κ2) is 4.22. The maximum atomic E-state index is 5.59. The van der Waals surface area contributed by atoms with Crippen molar-refractivity contribution in [3.05, 3.63) is 10.6 Å². The van der Waals surface area contributed by atoms with Crippen LogP contribution < -0.4 is 0 Å². The first-order chi connectivity index (χ1) is 3.66. The molecule has 0 amide bonds. The number of hydrogen-bond donors (Lipinski definition) is 0. The summed E-state index contributed by atoms with van der Waals surface area (Å²) in [6.45, 7) is 4.20. The first kappa shape index (κ1) is 8.32. The van der Waals surface area contributed by atoms with E-state index in [1.165, 1.54) is 5.54 Å². The standard InChI is InChI=1S/C6H10Cl2/c1-5(2)3-6(8)4-7/h4-5H,3H2,1-2H3/b6-4-. The highest BCUT2D eigenvalue weighted by Crippen LogP contribution is 2.14. The van der Waals surface area contributed by atoms with Crippen LogP contribution in [0.25, 0.3) is 0 Å². The SMILES string of the molecule is CC(C)C/C(Cl)=C/Cl. The van der Waals surface area contributed by atoms with Crippen LogP contribution in [0.4, 0.5) is 0 Å². The summed E-state index contributed by atoms with van der Waals surface area (Å²) in [6, 6.07) is 0. The zero-order valence-electron chi connectivity index (χ0n) is 5.12. The Labute approximate surface area is 60.5 Å². The predicted molar refractivity (Wildman–Crippen MR) is 39.2 cm³/mol. The Morgan fingerprint density at radius 1 is 1.62 bits per heavy atom. The maximum absolute atomic E-state index is 5.59. The van der Waals surface area contributed by atoms with Gasteiger partial charge in [-0.15, -0.1) is 0 Å². The second-order valence-electron chi connectivity index (χ2n) is 2.15. The van der Waals surface area contributed by atoms with Crippen molar-refractivity contribution in [1.29, 1.82) is 0 Å². The van der Waals surface area contributed by atoms with Gasteiger partial charge in [-0.1, -0.05) is 37.0 Å². The average Bonchev–Trinajstić information content (AvgIpc) is 1.65. The molecule has 0 spiro atoms.